The Morgan fingerprint density at radius 1 is 1.43 bits per heavy atom. The van der Waals surface area contributed by atoms with Crippen molar-refractivity contribution < 1.29 is 22.8 Å². The van der Waals surface area contributed by atoms with E-state index in [1.807, 2.05) is 5.32 Å². The molecule has 0 fully saturated rings. The summed E-state index contributed by atoms with van der Waals surface area (Å²) in [7, 11) is 1.40. The highest BCUT2D eigenvalue weighted by molar-refractivity contribution is 6.04. The van der Waals surface area contributed by atoms with Crippen molar-refractivity contribution in [1.29, 1.82) is 0 Å². The van der Waals surface area contributed by atoms with Crippen molar-refractivity contribution in [2.45, 2.75) is 13.1 Å². The molecule has 0 aliphatic rings. The summed E-state index contributed by atoms with van der Waals surface area (Å²) in [5.41, 5.74) is -2.20. The van der Waals surface area contributed by atoms with Crippen molar-refractivity contribution in [3.05, 3.63) is 35.9 Å². The van der Waals surface area contributed by atoms with Crippen LogP contribution in [0.4, 0.5) is 18.0 Å². The van der Waals surface area contributed by atoms with E-state index >= 15 is 0 Å². The van der Waals surface area contributed by atoms with E-state index in [-0.39, 0.29) is 6.54 Å². The Bertz CT molecular complexity index is 558. The second-order valence-corrected chi connectivity index (χ2v) is 3.99. The largest absolute Gasteiger partial charge is 0.434 e. The molecule has 0 aromatic carbocycles. The van der Waals surface area contributed by atoms with Gasteiger partial charge in [-0.3, -0.25) is 10.1 Å². The molecule has 3 amide bonds. The summed E-state index contributed by atoms with van der Waals surface area (Å²) in [6, 6.07) is -0.824. The lowest BCUT2D eigenvalue weighted by Gasteiger charge is -2.16. The van der Waals surface area contributed by atoms with Crippen molar-refractivity contribution in [3.63, 3.8) is 0 Å². The van der Waals surface area contributed by atoms with Gasteiger partial charge in [-0.25, -0.2) is 14.8 Å². The van der Waals surface area contributed by atoms with E-state index in [1.54, 1.807) is 19.1 Å². The Labute approximate surface area is 118 Å². The van der Waals surface area contributed by atoms with Crippen molar-refractivity contribution in [2.24, 2.45) is 0 Å². The van der Waals surface area contributed by atoms with Gasteiger partial charge in [0.15, 0.2) is 5.69 Å². The standard InChI is InChI=1S/C12H13F3N4O2/c1-3-4-5-19(2)11(21)18-10(20)8-6-16-7-17-9(8)12(13,14)15/h3-4,6-7H,5H2,1-2H3,(H,18,20,21)/b4-3+. The number of halogens is 3. The molecule has 0 saturated carbocycles. The normalized spacial score (nSPS) is 11.5. The first kappa shape index (κ1) is 16.6. The highest BCUT2D eigenvalue weighted by Gasteiger charge is 2.37. The Balaban J connectivity index is 2.88. The third-order valence-corrected chi connectivity index (χ3v) is 2.41. The first-order valence-electron chi connectivity index (χ1n) is 5.82. The minimum atomic E-state index is -4.81. The van der Waals surface area contributed by atoms with Gasteiger partial charge in [0.2, 0.25) is 0 Å². The van der Waals surface area contributed by atoms with Crippen molar-refractivity contribution >= 4 is 11.9 Å². The SMILES string of the molecule is C/C=C/CN(C)C(=O)NC(=O)c1cncnc1C(F)(F)F. The van der Waals surface area contributed by atoms with E-state index < -0.39 is 29.4 Å². The molecule has 6 nitrogen and oxygen atoms in total. The third-order valence-electron chi connectivity index (χ3n) is 2.41. The first-order chi connectivity index (χ1) is 9.77. The third kappa shape index (κ3) is 4.55. The van der Waals surface area contributed by atoms with Gasteiger partial charge in [-0.2, -0.15) is 13.2 Å². The number of alkyl halides is 3. The van der Waals surface area contributed by atoms with Crippen LogP contribution in [0.3, 0.4) is 0 Å². The number of amides is 3. The number of carbonyl (C=O) groups is 2. The van der Waals surface area contributed by atoms with Gasteiger partial charge in [0.1, 0.15) is 6.33 Å². The lowest BCUT2D eigenvalue weighted by molar-refractivity contribution is -0.141. The van der Waals surface area contributed by atoms with Crippen LogP contribution in [0.25, 0.3) is 0 Å². The van der Waals surface area contributed by atoms with Gasteiger partial charge >= 0.3 is 12.2 Å². The average Bonchev–Trinajstić information content (AvgIpc) is 2.43. The quantitative estimate of drug-likeness (QED) is 0.865. The molecule has 21 heavy (non-hydrogen) atoms. The predicted octanol–water partition coefficient (Wildman–Crippen LogP) is 1.85. The summed E-state index contributed by atoms with van der Waals surface area (Å²) in [5, 5.41) is 1.85. The second kappa shape index (κ2) is 6.82. The van der Waals surface area contributed by atoms with Crippen LogP contribution in [0.15, 0.2) is 24.7 Å². The van der Waals surface area contributed by atoms with Crippen LogP contribution in [0.1, 0.15) is 23.0 Å². The first-order valence-corrected chi connectivity index (χ1v) is 5.82. The fourth-order valence-corrected chi connectivity index (χ4v) is 1.33. The number of allylic oxidation sites excluding steroid dienone is 1. The smallest absolute Gasteiger partial charge is 0.324 e. The molecular formula is C12H13F3N4O2. The molecule has 0 unspecified atom stereocenters. The van der Waals surface area contributed by atoms with Gasteiger partial charge in [0.25, 0.3) is 5.91 Å². The Hall–Kier alpha value is -2.45. The molecule has 0 spiro atoms. The van der Waals surface area contributed by atoms with E-state index in [1.165, 1.54) is 7.05 Å². The molecule has 1 rings (SSSR count). The summed E-state index contributed by atoms with van der Waals surface area (Å²) in [5.74, 6) is -1.21. The topological polar surface area (TPSA) is 75.2 Å². The Morgan fingerprint density at radius 3 is 2.67 bits per heavy atom. The van der Waals surface area contributed by atoms with E-state index in [0.717, 1.165) is 4.90 Å². The molecule has 9 heteroatoms. The molecule has 0 bridgehead atoms. The van der Waals surface area contributed by atoms with Gasteiger partial charge in [-0.1, -0.05) is 12.2 Å². The molecule has 1 heterocycles. The summed E-state index contributed by atoms with van der Waals surface area (Å²) in [4.78, 5) is 30.9. The van der Waals surface area contributed by atoms with Crippen molar-refractivity contribution in [2.75, 3.05) is 13.6 Å². The fourth-order valence-electron chi connectivity index (χ4n) is 1.33. The molecule has 0 atom stereocenters. The summed E-state index contributed by atoms with van der Waals surface area (Å²) in [6.07, 6.45) is -0.0747. The molecule has 1 aromatic heterocycles. The summed E-state index contributed by atoms with van der Waals surface area (Å²) >= 11 is 0. The zero-order valence-electron chi connectivity index (χ0n) is 11.3. The van der Waals surface area contributed by atoms with Gasteiger partial charge in [-0.05, 0) is 6.92 Å². The Morgan fingerprint density at radius 2 is 2.10 bits per heavy atom. The number of urea groups is 1. The number of hydrogen-bond donors (Lipinski definition) is 1. The lowest BCUT2D eigenvalue weighted by Crippen LogP contribution is -2.41. The van der Waals surface area contributed by atoms with Crippen LogP contribution in [-0.2, 0) is 6.18 Å². The number of nitrogens with one attached hydrogen (secondary N) is 1. The number of rotatable bonds is 3. The highest BCUT2D eigenvalue weighted by Crippen LogP contribution is 2.29. The fraction of sp³-hybridized carbons (Fsp3) is 0.333. The van der Waals surface area contributed by atoms with Crippen LogP contribution >= 0.6 is 0 Å². The molecule has 114 valence electrons. The van der Waals surface area contributed by atoms with Gasteiger partial charge in [-0.15, -0.1) is 0 Å². The van der Waals surface area contributed by atoms with Crippen LogP contribution < -0.4 is 5.32 Å². The summed E-state index contributed by atoms with van der Waals surface area (Å²) < 4.78 is 38.1. The molecular weight excluding hydrogens is 289 g/mol. The number of imide groups is 1. The maximum atomic E-state index is 12.7. The van der Waals surface area contributed by atoms with Gasteiger partial charge in [0.05, 0.1) is 5.56 Å². The Kier molecular flexibility index (Phi) is 5.39. The van der Waals surface area contributed by atoms with Crippen molar-refractivity contribution in [3.8, 4) is 0 Å². The lowest BCUT2D eigenvalue weighted by atomic mass is 10.2. The molecule has 0 radical (unpaired) electrons. The zero-order chi connectivity index (χ0) is 16.0. The van der Waals surface area contributed by atoms with Crippen LogP contribution in [-0.4, -0.2) is 40.4 Å². The van der Waals surface area contributed by atoms with Crippen LogP contribution in [0.2, 0.25) is 0 Å². The van der Waals surface area contributed by atoms with Crippen LogP contribution in [0, 0.1) is 0 Å². The predicted molar refractivity (Wildman–Crippen MR) is 67.3 cm³/mol. The second-order valence-electron chi connectivity index (χ2n) is 3.99. The number of carbonyl (C=O) groups excluding carboxylic acids is 2. The highest BCUT2D eigenvalue weighted by atomic mass is 19.4. The maximum absolute atomic E-state index is 12.7. The monoisotopic (exact) mass is 302 g/mol. The van der Waals surface area contributed by atoms with E-state index in [0.29, 0.717) is 12.5 Å². The number of hydrogen-bond acceptors (Lipinski definition) is 4. The number of likely N-dealkylation sites (N-methyl/N-ethyl adjacent to an activating group) is 1. The summed E-state index contributed by atoms with van der Waals surface area (Å²) in [6.45, 7) is 1.96. The van der Waals surface area contributed by atoms with Crippen LogP contribution in [0.5, 0.6) is 0 Å². The minimum Gasteiger partial charge on any atom is -0.324 e. The van der Waals surface area contributed by atoms with E-state index in [2.05, 4.69) is 9.97 Å². The van der Waals surface area contributed by atoms with Crippen molar-refractivity contribution in [1.82, 2.24) is 20.2 Å². The number of aromatic nitrogens is 2. The van der Waals surface area contributed by atoms with E-state index in [9.17, 15) is 22.8 Å². The maximum Gasteiger partial charge on any atom is 0.434 e. The molecule has 0 saturated heterocycles. The molecule has 1 N–H and O–H groups in total. The molecule has 0 aliphatic carbocycles. The molecule has 1 aromatic rings. The zero-order valence-corrected chi connectivity index (χ0v) is 11.3. The van der Waals surface area contributed by atoms with Gasteiger partial charge in [0, 0.05) is 19.8 Å². The minimum absolute atomic E-state index is 0.215. The number of nitrogens with zero attached hydrogens (tertiary/aromatic N) is 3. The van der Waals surface area contributed by atoms with Gasteiger partial charge < -0.3 is 4.90 Å². The van der Waals surface area contributed by atoms with E-state index in [4.69, 9.17) is 0 Å². The molecule has 0 aliphatic heterocycles. The average molecular weight is 302 g/mol.